The lowest BCUT2D eigenvalue weighted by molar-refractivity contribution is -0.109. The molecule has 0 heterocycles. The molecule has 0 fully saturated rings. The second-order valence-electron chi connectivity index (χ2n) is 9.44. The predicted molar refractivity (Wildman–Crippen MR) is 167 cm³/mol. The molecular weight excluding hydrogens is 550 g/mol. The standard InChI is InChI=1S/C24H24O4.C10H21NO4/c1-26-22-13-9-20(10-14-22)24(28-18-6-17-25,19-7-4-3-5-8-19)21-11-15-23(27-2)16-12-21;1-13-7-8-15-10-9-14-6-4-2-3-5-11-12/h3-5,7-17H,6,18H2,1-2H3;2-10H2,1H3. The molecule has 3 aromatic carbocycles. The van der Waals surface area contributed by atoms with Gasteiger partial charge in [-0.25, -0.2) is 0 Å². The Hall–Kier alpha value is -3.63. The average molecular weight is 596 g/mol. The van der Waals surface area contributed by atoms with Crippen LogP contribution in [-0.2, 0) is 29.3 Å². The minimum absolute atomic E-state index is 0.302. The molecule has 9 heteroatoms. The zero-order valence-corrected chi connectivity index (χ0v) is 25.6. The third-order valence-electron chi connectivity index (χ3n) is 6.57. The number of nitrogens with zero attached hydrogens (tertiary/aromatic N) is 1. The van der Waals surface area contributed by atoms with Gasteiger partial charge in [-0.2, -0.15) is 4.91 Å². The second kappa shape index (κ2) is 22.0. The fourth-order valence-corrected chi connectivity index (χ4v) is 4.36. The molecule has 0 atom stereocenters. The van der Waals surface area contributed by atoms with Gasteiger partial charge in [0.05, 0.1) is 53.8 Å². The molecule has 0 N–H and O–H groups in total. The highest BCUT2D eigenvalue weighted by Gasteiger charge is 2.37. The van der Waals surface area contributed by atoms with Crippen molar-refractivity contribution < 1.29 is 33.2 Å². The number of ether oxygens (including phenoxy) is 6. The van der Waals surface area contributed by atoms with E-state index in [1.807, 2.05) is 78.9 Å². The lowest BCUT2D eigenvalue weighted by atomic mass is 9.80. The van der Waals surface area contributed by atoms with Crippen molar-refractivity contribution in [2.45, 2.75) is 31.3 Å². The molecule has 3 rings (SSSR count). The molecule has 234 valence electrons. The topological polar surface area (TPSA) is 102 Å². The van der Waals surface area contributed by atoms with E-state index in [0.717, 1.165) is 60.3 Å². The second-order valence-corrected chi connectivity index (χ2v) is 9.44. The normalized spacial score (nSPS) is 10.9. The molecule has 0 bridgehead atoms. The third kappa shape index (κ3) is 12.2. The van der Waals surface area contributed by atoms with Crippen molar-refractivity contribution in [3.63, 3.8) is 0 Å². The Morgan fingerprint density at radius 3 is 1.67 bits per heavy atom. The number of carbonyl (C=O) groups is 1. The first kappa shape index (κ1) is 35.6. The Labute approximate surface area is 255 Å². The number of aldehydes is 1. The molecule has 0 aliphatic heterocycles. The summed E-state index contributed by atoms with van der Waals surface area (Å²) in [5.74, 6) is 1.54. The fraction of sp³-hybridized carbons (Fsp3) is 0.441. The Morgan fingerprint density at radius 1 is 0.628 bits per heavy atom. The van der Waals surface area contributed by atoms with Crippen LogP contribution in [0.4, 0.5) is 0 Å². The van der Waals surface area contributed by atoms with Crippen LogP contribution in [0.3, 0.4) is 0 Å². The van der Waals surface area contributed by atoms with Gasteiger partial charge in [-0.15, -0.1) is 0 Å². The molecule has 0 aromatic heterocycles. The maximum atomic E-state index is 11.0. The number of nitroso groups, excluding NO2 is 1. The quantitative estimate of drug-likeness (QED) is 0.0621. The van der Waals surface area contributed by atoms with Crippen molar-refractivity contribution in [2.75, 3.05) is 67.5 Å². The number of methoxy groups -OCH3 is 3. The van der Waals surface area contributed by atoms with Crippen molar-refractivity contribution in [3.05, 3.63) is 100 Å². The summed E-state index contributed by atoms with van der Waals surface area (Å²) >= 11 is 0. The van der Waals surface area contributed by atoms with Gasteiger partial charge >= 0.3 is 0 Å². The maximum Gasteiger partial charge on any atom is 0.143 e. The minimum atomic E-state index is -0.858. The number of unbranched alkanes of at least 4 members (excludes halogenated alkanes) is 2. The largest absolute Gasteiger partial charge is 0.497 e. The summed E-state index contributed by atoms with van der Waals surface area (Å²) in [7, 11) is 4.93. The fourth-order valence-electron chi connectivity index (χ4n) is 4.36. The lowest BCUT2D eigenvalue weighted by Crippen LogP contribution is -2.33. The van der Waals surface area contributed by atoms with E-state index in [0.29, 0.717) is 46.0 Å². The van der Waals surface area contributed by atoms with E-state index in [1.165, 1.54) is 0 Å². The first-order valence-corrected chi connectivity index (χ1v) is 14.5. The molecule has 0 radical (unpaired) electrons. The molecule has 43 heavy (non-hydrogen) atoms. The van der Waals surface area contributed by atoms with Gasteiger partial charge in [-0.3, -0.25) is 0 Å². The summed E-state index contributed by atoms with van der Waals surface area (Å²) in [5.41, 5.74) is 2.03. The molecule has 0 aliphatic rings. The predicted octanol–water partition coefficient (Wildman–Crippen LogP) is 6.20. The van der Waals surface area contributed by atoms with E-state index in [4.69, 9.17) is 28.4 Å². The SMILES string of the molecule is COCCOCCOCCCCCN=O.COc1ccc(C(OCCC=O)(c2ccccc2)c2ccc(OC)cc2)cc1. The van der Waals surface area contributed by atoms with Gasteiger partial charge in [-0.1, -0.05) is 59.8 Å². The Balaban J connectivity index is 0.000000367. The van der Waals surface area contributed by atoms with Crippen LogP contribution in [0.2, 0.25) is 0 Å². The van der Waals surface area contributed by atoms with Gasteiger partial charge in [0.15, 0.2) is 0 Å². The van der Waals surface area contributed by atoms with E-state index >= 15 is 0 Å². The van der Waals surface area contributed by atoms with Crippen LogP contribution >= 0.6 is 0 Å². The lowest BCUT2D eigenvalue weighted by Gasteiger charge is -2.36. The molecule has 0 saturated carbocycles. The van der Waals surface area contributed by atoms with Gasteiger partial charge < -0.3 is 33.2 Å². The van der Waals surface area contributed by atoms with Crippen LogP contribution in [-0.4, -0.2) is 73.8 Å². The first-order chi connectivity index (χ1) is 21.2. The Morgan fingerprint density at radius 2 is 1.16 bits per heavy atom. The summed E-state index contributed by atoms with van der Waals surface area (Å²) < 4.78 is 32.5. The van der Waals surface area contributed by atoms with Crippen molar-refractivity contribution in [1.29, 1.82) is 0 Å². The number of carbonyl (C=O) groups excluding carboxylic acids is 1. The van der Waals surface area contributed by atoms with Crippen LogP contribution in [0.5, 0.6) is 11.5 Å². The number of benzene rings is 3. The summed E-state index contributed by atoms with van der Waals surface area (Å²) in [6.07, 6.45) is 4.03. The Kier molecular flexibility index (Phi) is 18.2. The molecule has 0 saturated heterocycles. The zero-order valence-electron chi connectivity index (χ0n) is 25.6. The highest BCUT2D eigenvalue weighted by molar-refractivity contribution is 5.51. The first-order valence-electron chi connectivity index (χ1n) is 14.5. The Bertz CT molecular complexity index is 1080. The van der Waals surface area contributed by atoms with Crippen molar-refractivity contribution in [2.24, 2.45) is 5.18 Å². The highest BCUT2D eigenvalue weighted by Crippen LogP contribution is 2.41. The summed E-state index contributed by atoms with van der Waals surface area (Å²) in [6.45, 7) is 3.92. The monoisotopic (exact) mass is 595 g/mol. The van der Waals surface area contributed by atoms with Gasteiger partial charge in [0.2, 0.25) is 0 Å². The van der Waals surface area contributed by atoms with Crippen molar-refractivity contribution in [1.82, 2.24) is 0 Å². The van der Waals surface area contributed by atoms with E-state index in [-0.39, 0.29) is 0 Å². The average Bonchev–Trinajstić information content (AvgIpc) is 3.07. The number of hydrogen-bond acceptors (Lipinski definition) is 9. The number of hydrogen-bond donors (Lipinski definition) is 0. The molecule has 0 amide bonds. The smallest absolute Gasteiger partial charge is 0.143 e. The zero-order chi connectivity index (χ0) is 31.0. The van der Waals surface area contributed by atoms with Crippen LogP contribution < -0.4 is 9.47 Å². The minimum Gasteiger partial charge on any atom is -0.497 e. The molecule has 0 spiro atoms. The van der Waals surface area contributed by atoms with E-state index < -0.39 is 5.60 Å². The molecule has 0 aliphatic carbocycles. The van der Waals surface area contributed by atoms with Gasteiger partial charge in [0.25, 0.3) is 0 Å². The molecule has 9 nitrogen and oxygen atoms in total. The summed E-state index contributed by atoms with van der Waals surface area (Å²) in [6, 6.07) is 25.7. The molecule has 3 aromatic rings. The van der Waals surface area contributed by atoms with E-state index in [2.05, 4.69) is 5.18 Å². The van der Waals surface area contributed by atoms with Gasteiger partial charge in [0.1, 0.15) is 23.4 Å². The van der Waals surface area contributed by atoms with E-state index in [1.54, 1.807) is 21.3 Å². The highest BCUT2D eigenvalue weighted by atomic mass is 16.5. The third-order valence-corrected chi connectivity index (χ3v) is 6.57. The molecule has 0 unspecified atom stereocenters. The van der Waals surface area contributed by atoms with Crippen LogP contribution in [0.1, 0.15) is 42.4 Å². The van der Waals surface area contributed by atoms with Crippen LogP contribution in [0, 0.1) is 4.91 Å². The van der Waals surface area contributed by atoms with Crippen molar-refractivity contribution in [3.8, 4) is 11.5 Å². The number of rotatable bonds is 21. The summed E-state index contributed by atoms with van der Waals surface area (Å²) in [5, 5.41) is 2.79. The van der Waals surface area contributed by atoms with Crippen molar-refractivity contribution >= 4 is 6.29 Å². The van der Waals surface area contributed by atoms with Crippen LogP contribution in [0.25, 0.3) is 0 Å². The van der Waals surface area contributed by atoms with Gasteiger partial charge in [0, 0.05) is 20.1 Å². The summed E-state index contributed by atoms with van der Waals surface area (Å²) in [4.78, 5) is 20.7. The maximum absolute atomic E-state index is 11.0. The molecular formula is C34H45NO8. The van der Waals surface area contributed by atoms with Gasteiger partial charge in [-0.05, 0) is 60.2 Å². The van der Waals surface area contributed by atoms with Crippen LogP contribution in [0.15, 0.2) is 84.0 Å². The van der Waals surface area contributed by atoms with E-state index in [9.17, 15) is 9.70 Å².